The maximum Gasteiger partial charge on any atom is 0.391 e. The van der Waals surface area contributed by atoms with Crippen LogP contribution in [0.2, 0.25) is 0 Å². The molecular weight excluding hydrogens is 171 g/mol. The average molecular weight is 181 g/mol. The molecule has 1 fully saturated rings. The Morgan fingerprint density at radius 3 is 2.42 bits per heavy atom. The summed E-state index contributed by atoms with van der Waals surface area (Å²) in [6, 6.07) is -0.620. The van der Waals surface area contributed by atoms with Gasteiger partial charge in [0.05, 0.1) is 12.0 Å². The van der Waals surface area contributed by atoms with Crippen molar-refractivity contribution in [2.24, 2.45) is 11.1 Å². The Morgan fingerprint density at radius 1 is 1.25 bits per heavy atom. The summed E-state index contributed by atoms with van der Waals surface area (Å²) >= 11 is 0. The molecule has 0 N–H and O–H groups in total. The van der Waals surface area contributed by atoms with Gasteiger partial charge in [-0.1, -0.05) is 11.6 Å². The van der Waals surface area contributed by atoms with Gasteiger partial charge in [0.2, 0.25) is 0 Å². The maximum atomic E-state index is 12.1. The molecule has 2 unspecified atom stereocenters. The minimum atomic E-state index is -4.15. The van der Waals surface area contributed by atoms with Gasteiger partial charge in [-0.15, -0.1) is 0 Å². The fraction of sp³-hybridized carbons (Fsp3) is 1.00. The summed E-state index contributed by atoms with van der Waals surface area (Å²) in [6.07, 6.45) is -3.15. The molecular formula is C7H10F3NO. The van der Waals surface area contributed by atoms with E-state index >= 15 is 0 Å². The molecule has 0 aliphatic heterocycles. The van der Waals surface area contributed by atoms with Crippen LogP contribution in [-0.4, -0.2) is 12.2 Å². The predicted molar refractivity (Wildman–Crippen MR) is 37.6 cm³/mol. The number of hydrogen-bond donors (Lipinski definition) is 0. The first kappa shape index (κ1) is 9.48. The Morgan fingerprint density at radius 2 is 1.92 bits per heavy atom. The lowest BCUT2D eigenvalue weighted by molar-refractivity contribution is -0.182. The molecule has 1 saturated carbocycles. The summed E-state index contributed by atoms with van der Waals surface area (Å²) < 4.78 is 36.3. The van der Waals surface area contributed by atoms with Crippen LogP contribution in [0.1, 0.15) is 25.7 Å². The fourth-order valence-corrected chi connectivity index (χ4v) is 1.56. The lowest BCUT2D eigenvalue weighted by Gasteiger charge is -2.26. The maximum absolute atomic E-state index is 12.1. The average Bonchev–Trinajstić information content (AvgIpc) is 2.03. The summed E-state index contributed by atoms with van der Waals surface area (Å²) in [5.41, 5.74) is 0. The number of alkyl halides is 3. The zero-order chi connectivity index (χ0) is 9.19. The lowest BCUT2D eigenvalue weighted by atomic mass is 9.86. The summed E-state index contributed by atoms with van der Waals surface area (Å²) in [7, 11) is 0. The molecule has 2 nitrogen and oxygen atoms in total. The number of rotatable bonds is 1. The molecule has 1 rings (SSSR count). The van der Waals surface area contributed by atoms with Crippen LogP contribution in [0.3, 0.4) is 0 Å². The molecule has 1 aliphatic rings. The minimum absolute atomic E-state index is 0.118. The molecule has 0 radical (unpaired) electrons. The van der Waals surface area contributed by atoms with Crippen molar-refractivity contribution in [2.45, 2.75) is 37.9 Å². The van der Waals surface area contributed by atoms with Crippen molar-refractivity contribution in [3.8, 4) is 0 Å². The predicted octanol–water partition coefficient (Wildman–Crippen LogP) is 2.87. The molecule has 0 aromatic carbocycles. The zero-order valence-electron chi connectivity index (χ0n) is 6.47. The third-order valence-corrected chi connectivity index (χ3v) is 2.26. The van der Waals surface area contributed by atoms with Gasteiger partial charge in [0, 0.05) is 0 Å². The van der Waals surface area contributed by atoms with Crippen LogP contribution < -0.4 is 0 Å². The van der Waals surface area contributed by atoms with Gasteiger partial charge in [-0.25, -0.2) is 0 Å². The van der Waals surface area contributed by atoms with Gasteiger partial charge in [0.1, 0.15) is 0 Å². The normalized spacial score (nSPS) is 31.6. The van der Waals surface area contributed by atoms with Crippen molar-refractivity contribution in [1.82, 2.24) is 0 Å². The topological polar surface area (TPSA) is 29.4 Å². The second-order valence-corrected chi connectivity index (χ2v) is 3.16. The third kappa shape index (κ3) is 2.19. The molecule has 5 heteroatoms. The van der Waals surface area contributed by atoms with E-state index in [9.17, 15) is 18.1 Å². The zero-order valence-corrected chi connectivity index (χ0v) is 6.47. The highest BCUT2D eigenvalue weighted by molar-refractivity contribution is 4.81. The van der Waals surface area contributed by atoms with E-state index in [1.165, 1.54) is 0 Å². The second-order valence-electron chi connectivity index (χ2n) is 3.16. The van der Waals surface area contributed by atoms with Crippen molar-refractivity contribution in [2.75, 3.05) is 0 Å². The molecule has 0 bridgehead atoms. The van der Waals surface area contributed by atoms with E-state index in [1.54, 1.807) is 0 Å². The molecule has 0 saturated heterocycles. The summed E-state index contributed by atoms with van der Waals surface area (Å²) in [5, 5.41) is 2.66. The molecule has 0 aromatic heterocycles. The Labute approximate surface area is 68.1 Å². The lowest BCUT2D eigenvalue weighted by Crippen LogP contribution is -2.30. The third-order valence-electron chi connectivity index (χ3n) is 2.26. The van der Waals surface area contributed by atoms with Gasteiger partial charge in [-0.3, -0.25) is 0 Å². The van der Waals surface area contributed by atoms with E-state index in [1.807, 2.05) is 0 Å². The number of hydrogen-bond acceptors (Lipinski definition) is 2. The van der Waals surface area contributed by atoms with Crippen molar-refractivity contribution in [1.29, 1.82) is 0 Å². The summed E-state index contributed by atoms with van der Waals surface area (Å²) in [5.74, 6) is -1.31. The van der Waals surface area contributed by atoms with E-state index in [0.29, 0.717) is 12.8 Å². The van der Waals surface area contributed by atoms with Gasteiger partial charge < -0.3 is 0 Å². The Kier molecular flexibility index (Phi) is 2.69. The van der Waals surface area contributed by atoms with Crippen LogP contribution in [-0.2, 0) is 0 Å². The van der Waals surface area contributed by atoms with Crippen LogP contribution in [0.5, 0.6) is 0 Å². The highest BCUT2D eigenvalue weighted by Crippen LogP contribution is 2.38. The Balaban J connectivity index is 2.51. The van der Waals surface area contributed by atoms with Gasteiger partial charge >= 0.3 is 6.18 Å². The van der Waals surface area contributed by atoms with E-state index in [4.69, 9.17) is 0 Å². The largest absolute Gasteiger partial charge is 0.391 e. The highest BCUT2D eigenvalue weighted by Gasteiger charge is 2.42. The molecule has 2 atom stereocenters. The molecule has 1 aliphatic carbocycles. The number of nitroso groups, excluding NO2 is 1. The van der Waals surface area contributed by atoms with Crippen molar-refractivity contribution < 1.29 is 13.2 Å². The van der Waals surface area contributed by atoms with Crippen LogP contribution in [0.4, 0.5) is 13.2 Å². The SMILES string of the molecule is O=NC1CCCC(C(F)(F)F)C1. The van der Waals surface area contributed by atoms with Crippen LogP contribution >= 0.6 is 0 Å². The van der Waals surface area contributed by atoms with E-state index in [0.717, 1.165) is 0 Å². The van der Waals surface area contributed by atoms with E-state index in [2.05, 4.69) is 5.18 Å². The molecule has 0 amide bonds. The summed E-state index contributed by atoms with van der Waals surface area (Å²) in [6.45, 7) is 0. The monoisotopic (exact) mass is 181 g/mol. The van der Waals surface area contributed by atoms with Crippen molar-refractivity contribution >= 4 is 0 Å². The van der Waals surface area contributed by atoms with Crippen LogP contribution in [0, 0.1) is 10.8 Å². The highest BCUT2D eigenvalue weighted by atomic mass is 19.4. The quantitative estimate of drug-likeness (QED) is 0.572. The van der Waals surface area contributed by atoms with Crippen LogP contribution in [0.25, 0.3) is 0 Å². The van der Waals surface area contributed by atoms with Crippen LogP contribution in [0.15, 0.2) is 5.18 Å². The number of nitrogens with zero attached hydrogens (tertiary/aromatic N) is 1. The molecule has 12 heavy (non-hydrogen) atoms. The molecule has 0 heterocycles. The standard InChI is InChI=1S/C7H10F3NO/c8-7(9,10)5-2-1-3-6(4-5)11-12/h5-6H,1-4H2. The van der Waals surface area contributed by atoms with Gasteiger partial charge in [0.25, 0.3) is 0 Å². The van der Waals surface area contributed by atoms with Gasteiger partial charge in [0.15, 0.2) is 0 Å². The Bertz CT molecular complexity index is 169. The van der Waals surface area contributed by atoms with E-state index < -0.39 is 18.1 Å². The smallest absolute Gasteiger partial charge is 0.171 e. The van der Waals surface area contributed by atoms with Gasteiger partial charge in [-0.2, -0.15) is 18.1 Å². The summed E-state index contributed by atoms with van der Waals surface area (Å²) in [4.78, 5) is 10.0. The minimum Gasteiger partial charge on any atom is -0.171 e. The van der Waals surface area contributed by atoms with Crippen molar-refractivity contribution in [3.63, 3.8) is 0 Å². The molecule has 70 valence electrons. The molecule has 0 spiro atoms. The first-order valence-electron chi connectivity index (χ1n) is 3.93. The Hall–Kier alpha value is -0.610. The first-order valence-corrected chi connectivity index (χ1v) is 3.93. The van der Waals surface area contributed by atoms with E-state index in [-0.39, 0.29) is 12.8 Å². The fourth-order valence-electron chi connectivity index (χ4n) is 1.56. The van der Waals surface area contributed by atoms with Crippen molar-refractivity contribution in [3.05, 3.63) is 4.91 Å². The van der Waals surface area contributed by atoms with Gasteiger partial charge in [-0.05, 0) is 19.3 Å². The number of halogens is 3. The first-order chi connectivity index (χ1) is 5.54. The molecule has 0 aromatic rings. The second kappa shape index (κ2) is 3.41.